The van der Waals surface area contributed by atoms with Crippen LogP contribution in [0, 0.1) is 152 Å². The molecule has 0 bridgehead atoms. The minimum Gasteiger partial charge on any atom is -0.496 e. The average Bonchev–Trinajstić information content (AvgIpc) is 1.65. The summed E-state index contributed by atoms with van der Waals surface area (Å²) >= 11 is 0. The Morgan fingerprint density at radius 1 is 0.480 bits per heavy atom. The van der Waals surface area contributed by atoms with Crippen LogP contribution < -0.4 is 27.7 Å². The van der Waals surface area contributed by atoms with Gasteiger partial charge in [-0.25, -0.2) is 9.59 Å². The molecule has 0 spiro atoms. The molecule has 736 valence electrons. The molecule has 0 radical (unpaired) electrons. The van der Waals surface area contributed by atoms with Gasteiger partial charge in [0.1, 0.15) is 40.5 Å². The van der Waals surface area contributed by atoms with E-state index in [2.05, 4.69) is 228 Å². The molecular weight excluding hydrogens is 1560 g/mol. The van der Waals surface area contributed by atoms with Crippen molar-refractivity contribution in [3.05, 3.63) is 28.8 Å². The van der Waals surface area contributed by atoms with Gasteiger partial charge in [-0.15, -0.1) is 0 Å². The van der Waals surface area contributed by atoms with Crippen molar-refractivity contribution in [3.8, 4) is 100 Å². The standard InChI is InChI=1S/C21H33NO2.2C16H27NO3.C11H21NO.C9H17N.2C8H15NO.C8H15N.9CH4/c1-16-13-17(2)19(20(14-16)24-8)15-22(11-12-23-7)18(3)9-10-21(4,5)6;2*1-14(2,3)10-9-12-11-19-16(7,8)17(12)13(18)20-15(4,5)6;1-11(2,3)7-6-8-12(4)9-10-13-5;1-5-8(10)6-7-9(2,3)4;2*1-8(2,3)5-4-7(9)6-10;1-7(9)5-6-8(2,3)4;;;;;;;;;/h13-14,18H,11-12,15H2,1-8H3;2*12H,11H2,1-8H3;8-10H2,1-5H3;8H,5,10H2,1-4H3;2*7,10H,6,9H2,1-3H3;7H,9H2,1-4H3;9*1H4/t;2*12-;;;2*7-;;;;;;;;;;/m.10..10........../s1. The van der Waals surface area contributed by atoms with Crippen molar-refractivity contribution in [1.29, 1.82) is 0 Å². The number of aliphatic hydroxyl groups is 2. The Balaban J connectivity index is -0.0000000952. The fourth-order valence-electron chi connectivity index (χ4n) is 8.53. The van der Waals surface area contributed by atoms with Gasteiger partial charge in [0.2, 0.25) is 0 Å². The topological polar surface area (TPSA) is 256 Å². The lowest BCUT2D eigenvalue weighted by molar-refractivity contribution is -0.0619. The molecule has 125 heavy (non-hydrogen) atoms. The summed E-state index contributed by atoms with van der Waals surface area (Å²) < 4.78 is 38.2. The highest BCUT2D eigenvalue weighted by atomic mass is 16.6. The minimum absolute atomic E-state index is 0. The Morgan fingerprint density at radius 2 is 0.784 bits per heavy atom. The predicted octanol–water partition coefficient (Wildman–Crippen LogP) is 22.2. The first-order valence-corrected chi connectivity index (χ1v) is 40.8. The van der Waals surface area contributed by atoms with Crippen LogP contribution in [0.2, 0.25) is 0 Å². The largest absolute Gasteiger partial charge is 0.496 e. The first-order valence-electron chi connectivity index (χ1n) is 40.8. The van der Waals surface area contributed by atoms with E-state index in [4.69, 9.17) is 66.3 Å². The summed E-state index contributed by atoms with van der Waals surface area (Å²) in [6, 6.07) is 3.21. The second-order valence-corrected chi connectivity index (χ2v) is 40.4. The van der Waals surface area contributed by atoms with Crippen molar-refractivity contribution < 1.29 is 53.0 Å². The number of amides is 2. The van der Waals surface area contributed by atoms with Gasteiger partial charge in [0, 0.05) is 82.7 Å². The zero-order chi connectivity index (χ0) is 92.3. The first-order chi connectivity index (χ1) is 52.0. The van der Waals surface area contributed by atoms with Gasteiger partial charge in [-0.05, 0) is 294 Å². The summed E-state index contributed by atoms with van der Waals surface area (Å²) in [5.74, 6) is 50.1. The highest BCUT2D eigenvalue weighted by Gasteiger charge is 2.46. The average molecular weight is 1770 g/mol. The van der Waals surface area contributed by atoms with Gasteiger partial charge in [0.25, 0.3) is 0 Å². The van der Waals surface area contributed by atoms with Gasteiger partial charge >= 0.3 is 12.2 Å². The smallest absolute Gasteiger partial charge is 0.413 e. The number of hydrogen-bond acceptors (Lipinski definition) is 17. The third-order valence-corrected chi connectivity index (χ3v) is 14.2. The zero-order valence-corrected chi connectivity index (χ0v) is 81.6. The molecular formula is C106H206N8O11. The Morgan fingerprint density at radius 3 is 1.06 bits per heavy atom. The van der Waals surface area contributed by atoms with Crippen molar-refractivity contribution in [3.63, 3.8) is 0 Å². The second-order valence-electron chi connectivity index (χ2n) is 40.4. The number of likely N-dealkylation sites (N-methyl/N-ethyl adjacent to an activating group) is 1. The van der Waals surface area contributed by atoms with Crippen LogP contribution in [0.15, 0.2) is 12.1 Å². The molecule has 1 aromatic carbocycles. The minimum atomic E-state index is -0.695. The molecule has 2 fully saturated rings. The molecule has 0 saturated carbocycles. The van der Waals surface area contributed by atoms with Crippen molar-refractivity contribution in [1.82, 2.24) is 19.6 Å². The Bertz CT molecular complexity index is 3370. The van der Waals surface area contributed by atoms with E-state index in [0.29, 0.717) is 19.8 Å². The molecule has 1 aromatic rings. The van der Waals surface area contributed by atoms with Crippen LogP contribution in [0.25, 0.3) is 0 Å². The van der Waals surface area contributed by atoms with Crippen LogP contribution in [0.5, 0.6) is 5.75 Å². The Hall–Kier alpha value is -6.44. The summed E-state index contributed by atoms with van der Waals surface area (Å²) in [5.41, 5.74) is 23.1. The second kappa shape index (κ2) is 68.6. The number of aliphatic hydroxyl groups excluding tert-OH is 2. The number of hydrogen-bond donors (Lipinski definition) is 6. The lowest BCUT2D eigenvalue weighted by atomic mass is 9.97. The van der Waals surface area contributed by atoms with E-state index in [1.165, 1.54) is 16.7 Å². The van der Waals surface area contributed by atoms with E-state index in [1.807, 2.05) is 166 Å². The predicted molar refractivity (Wildman–Crippen MR) is 548 cm³/mol. The third kappa shape index (κ3) is 89.3. The van der Waals surface area contributed by atoms with Crippen molar-refractivity contribution in [2.45, 2.75) is 415 Å². The molecule has 2 aliphatic heterocycles. The van der Waals surface area contributed by atoms with E-state index in [0.717, 1.165) is 45.0 Å². The first kappa shape index (κ1) is 150. The summed E-state index contributed by atoms with van der Waals surface area (Å²) in [6.45, 7) is 83.9. The summed E-state index contributed by atoms with van der Waals surface area (Å²) in [6.07, 6.45) is 0.171. The molecule has 19 nitrogen and oxygen atoms in total. The third-order valence-electron chi connectivity index (χ3n) is 14.2. The summed E-state index contributed by atoms with van der Waals surface area (Å²) in [5, 5.41) is 17.0. The number of rotatable bonds is 14. The van der Waals surface area contributed by atoms with Gasteiger partial charge in [-0.2, -0.15) is 0 Å². The van der Waals surface area contributed by atoms with Gasteiger partial charge < -0.3 is 66.3 Å². The van der Waals surface area contributed by atoms with Crippen LogP contribution in [0.1, 0.15) is 346 Å². The number of aryl methyl sites for hydroxylation is 2. The van der Waals surface area contributed by atoms with E-state index in [1.54, 1.807) is 31.1 Å². The van der Waals surface area contributed by atoms with Crippen LogP contribution in [0.4, 0.5) is 9.59 Å². The quantitative estimate of drug-likeness (QED) is 0.0947. The van der Waals surface area contributed by atoms with Crippen LogP contribution in [0.3, 0.4) is 0 Å². The molecule has 0 aliphatic carbocycles. The van der Waals surface area contributed by atoms with Crippen molar-refractivity contribution in [2.75, 3.05) is 87.7 Å². The van der Waals surface area contributed by atoms with E-state index in [-0.39, 0.29) is 178 Å². The fraction of sp³-hybridized carbons (Fsp3) is 0.774. The molecule has 2 amide bonds. The fourth-order valence-corrected chi connectivity index (χ4v) is 8.53. The van der Waals surface area contributed by atoms with E-state index >= 15 is 0 Å². The van der Waals surface area contributed by atoms with Crippen LogP contribution in [-0.4, -0.2) is 195 Å². The molecule has 3 unspecified atom stereocenters. The summed E-state index contributed by atoms with van der Waals surface area (Å²) in [4.78, 5) is 32.4. The molecule has 7 atom stereocenters. The number of nitrogens with two attached hydrogens (primary N) is 4. The lowest BCUT2D eigenvalue weighted by Crippen LogP contribution is -2.49. The van der Waals surface area contributed by atoms with Gasteiger partial charge in [-0.1, -0.05) is 175 Å². The maximum atomic E-state index is 12.4. The Labute approximate surface area is 778 Å². The highest BCUT2D eigenvalue weighted by molar-refractivity contribution is 5.71. The number of carbonyl (C=O) groups excluding carboxylic acids is 2. The van der Waals surface area contributed by atoms with Gasteiger partial charge in [0.05, 0.1) is 83.5 Å². The van der Waals surface area contributed by atoms with E-state index < -0.39 is 22.7 Å². The highest BCUT2D eigenvalue weighted by Crippen LogP contribution is 2.32. The number of carbonyl (C=O) groups is 2. The monoisotopic (exact) mass is 1770 g/mol. The molecule has 3 rings (SSSR count). The number of ether oxygens (including phenoxy) is 7. The lowest BCUT2D eigenvalue weighted by Gasteiger charge is -2.33. The van der Waals surface area contributed by atoms with Crippen molar-refractivity contribution >= 4 is 12.2 Å². The van der Waals surface area contributed by atoms with Gasteiger partial charge in [0.15, 0.2) is 0 Å². The number of methoxy groups -OCH3 is 3. The normalized spacial score (nSPS) is 15.0. The molecule has 19 heteroatoms. The molecule has 2 saturated heterocycles. The molecule has 2 heterocycles. The van der Waals surface area contributed by atoms with Gasteiger partial charge in [-0.3, -0.25) is 19.6 Å². The molecule has 2 aliphatic rings. The van der Waals surface area contributed by atoms with E-state index in [9.17, 15) is 9.59 Å². The number of nitrogens with zero attached hydrogens (tertiary/aromatic N) is 4. The maximum absolute atomic E-state index is 12.4. The van der Waals surface area contributed by atoms with Crippen molar-refractivity contribution in [2.24, 2.45) is 66.3 Å². The zero-order valence-electron chi connectivity index (χ0n) is 81.6. The van der Waals surface area contributed by atoms with Crippen LogP contribution >= 0.6 is 0 Å². The SMILES string of the molecule is C.C.C.C.C.C.C.C.C.CC(C)(C)C#C[C@@H](N)CO.CC(C)(C)C#C[C@@H]1COC(C)(C)N1C(=O)OC(C)(C)C.CC(C)(C)C#C[C@H](N)CO.CC(C)(C)C#C[C@H]1COC(C)(C)N1C(=O)OC(C)(C)C.CC(N)C#CC(C)(C)C.CCC(N)C#CC(C)(C)C.COCCN(C)CC#CC(C)(C)C.COCCN(Cc1c(C)cc(C)cc1OC)C(C)C#CC(C)(C)C. The Kier molecular flexibility index (Phi) is 82.3. The van der Waals surface area contributed by atoms with Crippen LogP contribution in [-0.2, 0) is 35.0 Å². The number of benzene rings is 1. The maximum Gasteiger partial charge on any atom is 0.413 e. The molecule has 10 N–H and O–H groups in total. The molecule has 0 aromatic heterocycles. The summed E-state index contributed by atoms with van der Waals surface area (Å²) in [7, 11) is 7.24.